The smallest absolute Gasteiger partial charge is 0.339 e. The SMILES string of the molecule is CC(=O)C12CCC(n3ncc(C(=O)O)c3C)(CC1)CC2. The molecule has 0 amide bonds. The van der Waals surface area contributed by atoms with Crippen molar-refractivity contribution in [3.63, 3.8) is 0 Å². The third-order valence-electron chi connectivity index (χ3n) is 5.64. The summed E-state index contributed by atoms with van der Waals surface area (Å²) in [4.78, 5) is 23.0. The van der Waals surface area contributed by atoms with Crippen molar-refractivity contribution in [1.29, 1.82) is 0 Å². The van der Waals surface area contributed by atoms with Crippen molar-refractivity contribution in [3.05, 3.63) is 17.5 Å². The van der Waals surface area contributed by atoms with E-state index in [0.29, 0.717) is 5.78 Å². The summed E-state index contributed by atoms with van der Waals surface area (Å²) in [5.41, 5.74) is 0.830. The van der Waals surface area contributed by atoms with Crippen molar-refractivity contribution in [1.82, 2.24) is 9.78 Å². The Morgan fingerprint density at radius 3 is 2.15 bits per heavy atom. The number of aromatic carboxylic acids is 1. The Balaban J connectivity index is 1.94. The number of rotatable bonds is 3. The van der Waals surface area contributed by atoms with Gasteiger partial charge in [0.2, 0.25) is 0 Å². The van der Waals surface area contributed by atoms with Crippen LogP contribution >= 0.6 is 0 Å². The first-order valence-corrected chi connectivity index (χ1v) is 7.20. The van der Waals surface area contributed by atoms with E-state index in [-0.39, 0.29) is 16.5 Å². The molecule has 0 atom stereocenters. The topological polar surface area (TPSA) is 72.2 Å². The highest BCUT2D eigenvalue weighted by Crippen LogP contribution is 2.56. The van der Waals surface area contributed by atoms with E-state index in [1.54, 1.807) is 6.92 Å². The molecule has 0 spiro atoms. The lowest BCUT2D eigenvalue weighted by atomic mass is 9.56. The second-order valence-electron chi connectivity index (χ2n) is 6.42. The lowest BCUT2D eigenvalue weighted by Gasteiger charge is -2.52. The Morgan fingerprint density at radius 1 is 1.20 bits per heavy atom. The Bertz CT molecular complexity index is 563. The van der Waals surface area contributed by atoms with Gasteiger partial charge < -0.3 is 5.11 Å². The normalized spacial score (nSPS) is 32.3. The van der Waals surface area contributed by atoms with Gasteiger partial charge in [-0.05, 0) is 52.4 Å². The van der Waals surface area contributed by atoms with Crippen LogP contribution in [0.3, 0.4) is 0 Å². The lowest BCUT2D eigenvalue weighted by molar-refractivity contribution is -0.135. The Labute approximate surface area is 118 Å². The first-order valence-electron chi connectivity index (χ1n) is 7.20. The van der Waals surface area contributed by atoms with Crippen LogP contribution in [0.1, 0.15) is 61.5 Å². The van der Waals surface area contributed by atoms with E-state index in [1.807, 2.05) is 11.6 Å². The van der Waals surface area contributed by atoms with Gasteiger partial charge in [-0.3, -0.25) is 9.48 Å². The van der Waals surface area contributed by atoms with Gasteiger partial charge >= 0.3 is 5.97 Å². The van der Waals surface area contributed by atoms with Crippen molar-refractivity contribution in [2.45, 2.75) is 57.9 Å². The summed E-state index contributed by atoms with van der Waals surface area (Å²) in [5, 5.41) is 13.5. The van der Waals surface area contributed by atoms with E-state index in [1.165, 1.54) is 6.20 Å². The average molecular weight is 276 g/mol. The molecular weight excluding hydrogens is 256 g/mol. The number of aromatic nitrogens is 2. The van der Waals surface area contributed by atoms with Crippen LogP contribution in [0.25, 0.3) is 0 Å². The number of fused-ring (bicyclic) bond motifs is 3. The van der Waals surface area contributed by atoms with Crippen LogP contribution in [0, 0.1) is 12.3 Å². The molecule has 1 N–H and O–H groups in total. The highest BCUT2D eigenvalue weighted by molar-refractivity contribution is 5.88. The number of carboxylic acids is 1. The number of hydrogen-bond donors (Lipinski definition) is 1. The maximum Gasteiger partial charge on any atom is 0.339 e. The molecule has 1 aromatic rings. The fraction of sp³-hybridized carbons (Fsp3) is 0.667. The fourth-order valence-electron chi connectivity index (χ4n) is 4.11. The molecule has 0 aliphatic heterocycles. The summed E-state index contributed by atoms with van der Waals surface area (Å²) in [6.07, 6.45) is 6.95. The first kappa shape index (κ1) is 13.3. The minimum atomic E-state index is -0.921. The molecule has 0 radical (unpaired) electrons. The van der Waals surface area contributed by atoms with Crippen LogP contribution in [-0.4, -0.2) is 26.6 Å². The maximum atomic E-state index is 11.9. The Hall–Kier alpha value is -1.65. The molecule has 3 aliphatic carbocycles. The van der Waals surface area contributed by atoms with Crippen LogP contribution in [0.2, 0.25) is 0 Å². The summed E-state index contributed by atoms with van der Waals surface area (Å²) in [6.45, 7) is 3.53. The zero-order chi connectivity index (χ0) is 14.5. The molecule has 2 bridgehead atoms. The van der Waals surface area contributed by atoms with Crippen molar-refractivity contribution >= 4 is 11.8 Å². The number of carbonyl (C=O) groups is 2. The molecule has 3 aliphatic rings. The second-order valence-corrected chi connectivity index (χ2v) is 6.42. The molecule has 5 nitrogen and oxygen atoms in total. The van der Waals surface area contributed by atoms with E-state index in [4.69, 9.17) is 5.11 Å². The summed E-state index contributed by atoms with van der Waals surface area (Å²) >= 11 is 0. The quantitative estimate of drug-likeness (QED) is 0.920. The number of carboxylic acid groups (broad SMARTS) is 1. The summed E-state index contributed by atoms with van der Waals surface area (Å²) in [6, 6.07) is 0. The van der Waals surface area contributed by atoms with Gasteiger partial charge in [-0.1, -0.05) is 0 Å². The van der Waals surface area contributed by atoms with Crippen molar-refractivity contribution in [2.75, 3.05) is 0 Å². The number of carbonyl (C=O) groups excluding carboxylic acids is 1. The van der Waals surface area contributed by atoms with Gasteiger partial charge in [0.25, 0.3) is 0 Å². The molecule has 3 fully saturated rings. The summed E-state index contributed by atoms with van der Waals surface area (Å²) in [5.74, 6) is -0.607. The van der Waals surface area contributed by atoms with Crippen LogP contribution < -0.4 is 0 Å². The molecule has 0 aromatic carbocycles. The van der Waals surface area contributed by atoms with E-state index in [9.17, 15) is 9.59 Å². The highest BCUT2D eigenvalue weighted by Gasteiger charge is 2.52. The minimum Gasteiger partial charge on any atom is -0.478 e. The minimum absolute atomic E-state index is 0.0744. The van der Waals surface area contributed by atoms with E-state index in [0.717, 1.165) is 44.2 Å². The van der Waals surface area contributed by atoms with E-state index >= 15 is 0 Å². The van der Waals surface area contributed by atoms with Gasteiger partial charge in [-0.25, -0.2) is 4.79 Å². The molecule has 3 saturated carbocycles. The van der Waals surface area contributed by atoms with Crippen LogP contribution in [0.15, 0.2) is 6.20 Å². The predicted octanol–water partition coefficient (Wildman–Crippen LogP) is 2.53. The molecule has 4 rings (SSSR count). The van der Waals surface area contributed by atoms with Crippen LogP contribution in [-0.2, 0) is 10.3 Å². The molecule has 1 heterocycles. The largest absolute Gasteiger partial charge is 0.478 e. The molecule has 20 heavy (non-hydrogen) atoms. The standard InChI is InChI=1S/C15H20N2O3/c1-10-12(13(19)20)9-16-17(10)15-6-3-14(4-7-15,5-8-15)11(2)18/h9H,3-8H2,1-2H3,(H,19,20). The van der Waals surface area contributed by atoms with Gasteiger partial charge in [0.1, 0.15) is 11.3 Å². The third-order valence-corrected chi connectivity index (χ3v) is 5.64. The number of nitrogens with zero attached hydrogens (tertiary/aromatic N) is 2. The first-order chi connectivity index (χ1) is 9.40. The number of Topliss-reactive ketones (excluding diaryl/α,β-unsaturated/α-hetero) is 1. The zero-order valence-electron chi connectivity index (χ0n) is 12.0. The molecule has 5 heteroatoms. The molecule has 108 valence electrons. The predicted molar refractivity (Wildman–Crippen MR) is 72.7 cm³/mol. The van der Waals surface area contributed by atoms with Gasteiger partial charge in [-0.15, -0.1) is 0 Å². The van der Waals surface area contributed by atoms with Gasteiger partial charge in [-0.2, -0.15) is 5.10 Å². The highest BCUT2D eigenvalue weighted by atomic mass is 16.4. The van der Waals surface area contributed by atoms with Crippen molar-refractivity contribution in [3.8, 4) is 0 Å². The second kappa shape index (κ2) is 4.17. The third kappa shape index (κ3) is 1.65. The van der Waals surface area contributed by atoms with Crippen molar-refractivity contribution < 1.29 is 14.7 Å². The molecule has 0 saturated heterocycles. The number of hydrogen-bond acceptors (Lipinski definition) is 3. The monoisotopic (exact) mass is 276 g/mol. The van der Waals surface area contributed by atoms with Gasteiger partial charge in [0.15, 0.2) is 0 Å². The van der Waals surface area contributed by atoms with Crippen LogP contribution in [0.4, 0.5) is 0 Å². The Kier molecular flexibility index (Phi) is 2.78. The molecule has 1 aromatic heterocycles. The average Bonchev–Trinajstić information content (AvgIpc) is 2.83. The maximum absolute atomic E-state index is 11.9. The molecular formula is C15H20N2O3. The zero-order valence-corrected chi connectivity index (χ0v) is 12.0. The summed E-state index contributed by atoms with van der Waals surface area (Å²) < 4.78 is 1.92. The van der Waals surface area contributed by atoms with Crippen LogP contribution in [0.5, 0.6) is 0 Å². The van der Waals surface area contributed by atoms with Crippen molar-refractivity contribution in [2.24, 2.45) is 5.41 Å². The Morgan fingerprint density at radius 2 is 1.75 bits per heavy atom. The van der Waals surface area contributed by atoms with E-state index < -0.39 is 5.97 Å². The van der Waals surface area contributed by atoms with Gasteiger partial charge in [0.05, 0.1) is 17.4 Å². The fourth-order valence-corrected chi connectivity index (χ4v) is 4.11. The molecule has 0 unspecified atom stereocenters. The number of ketones is 1. The lowest BCUT2D eigenvalue weighted by Crippen LogP contribution is -2.50. The van der Waals surface area contributed by atoms with E-state index in [2.05, 4.69) is 5.10 Å². The summed E-state index contributed by atoms with van der Waals surface area (Å²) in [7, 11) is 0. The van der Waals surface area contributed by atoms with Gasteiger partial charge in [0, 0.05) is 5.41 Å².